The molecular weight excluding hydrogens is 464 g/mol. The Morgan fingerprint density at radius 2 is 1.54 bits per heavy atom. The highest BCUT2D eigenvalue weighted by Gasteiger charge is 2.50. The first-order chi connectivity index (χ1) is 18.1. The average Bonchev–Trinajstić information content (AvgIpc) is 3.24. The van der Waals surface area contributed by atoms with Gasteiger partial charge in [0.05, 0.1) is 31.0 Å². The lowest BCUT2D eigenvalue weighted by molar-refractivity contribution is -0.137. The van der Waals surface area contributed by atoms with Crippen molar-refractivity contribution in [2.75, 3.05) is 19.8 Å². The largest absolute Gasteiger partial charge is 0.448 e. The maximum atomic E-state index is 13.5. The van der Waals surface area contributed by atoms with Gasteiger partial charge in [-0.05, 0) is 33.7 Å². The smallest absolute Gasteiger partial charge is 0.410 e. The van der Waals surface area contributed by atoms with Crippen molar-refractivity contribution in [3.8, 4) is 11.1 Å². The molecule has 1 aliphatic carbocycles. The van der Waals surface area contributed by atoms with E-state index in [-0.39, 0.29) is 30.7 Å². The second kappa shape index (κ2) is 8.68. The SMILES string of the molecule is O=C(OCC1c2ccccc2-c2ccccc21)N1C2COCC1CC(O)(c1nccc3ccccc13)C2. The van der Waals surface area contributed by atoms with Gasteiger partial charge in [0.2, 0.25) is 0 Å². The summed E-state index contributed by atoms with van der Waals surface area (Å²) >= 11 is 0. The lowest BCUT2D eigenvalue weighted by Crippen LogP contribution is -2.62. The molecule has 2 unspecified atom stereocenters. The van der Waals surface area contributed by atoms with Crippen LogP contribution >= 0.6 is 0 Å². The summed E-state index contributed by atoms with van der Waals surface area (Å²) in [5.41, 5.74) is 4.32. The van der Waals surface area contributed by atoms with Crippen LogP contribution < -0.4 is 0 Å². The Kier molecular flexibility index (Phi) is 5.27. The fourth-order valence-electron chi connectivity index (χ4n) is 6.63. The van der Waals surface area contributed by atoms with Gasteiger partial charge in [0, 0.05) is 30.3 Å². The Morgan fingerprint density at radius 1 is 0.919 bits per heavy atom. The molecule has 0 saturated carbocycles. The molecule has 2 fully saturated rings. The first kappa shape index (κ1) is 22.5. The molecule has 2 bridgehead atoms. The van der Waals surface area contributed by atoms with E-state index in [1.54, 1.807) is 11.1 Å². The fourth-order valence-corrected chi connectivity index (χ4v) is 6.63. The van der Waals surface area contributed by atoms with Gasteiger partial charge in [0.1, 0.15) is 12.2 Å². The standard InChI is InChI=1S/C31H28N2O4/c34-30(37-19-28-26-11-5-3-9-24(26)25-10-4-6-12-27(25)28)33-21-15-31(35,16-22(33)18-36-17-21)29-23-8-2-1-7-20(23)13-14-32-29/h1-14,21-22,28,35H,15-19H2. The predicted molar refractivity (Wildman–Crippen MR) is 140 cm³/mol. The average molecular weight is 493 g/mol. The summed E-state index contributed by atoms with van der Waals surface area (Å²) in [4.78, 5) is 19.9. The van der Waals surface area contributed by atoms with Crippen molar-refractivity contribution in [2.24, 2.45) is 0 Å². The van der Waals surface area contributed by atoms with Crippen LogP contribution in [0.4, 0.5) is 4.79 Å². The summed E-state index contributed by atoms with van der Waals surface area (Å²) in [5.74, 6) is 0.00838. The summed E-state index contributed by atoms with van der Waals surface area (Å²) in [7, 11) is 0. The number of benzene rings is 3. The third kappa shape index (κ3) is 3.63. The van der Waals surface area contributed by atoms with E-state index in [9.17, 15) is 9.90 Å². The number of carbonyl (C=O) groups is 1. The molecule has 3 aromatic carbocycles. The number of aromatic nitrogens is 1. The molecule has 1 aromatic heterocycles. The van der Waals surface area contributed by atoms with E-state index < -0.39 is 5.60 Å². The van der Waals surface area contributed by atoms with Gasteiger partial charge < -0.3 is 14.6 Å². The van der Waals surface area contributed by atoms with Crippen LogP contribution in [0.15, 0.2) is 85.1 Å². The number of fused-ring (bicyclic) bond motifs is 6. The fraction of sp³-hybridized carbons (Fsp3) is 0.290. The van der Waals surface area contributed by atoms with Crippen LogP contribution in [0.1, 0.15) is 35.6 Å². The minimum atomic E-state index is -1.14. The Balaban J connectivity index is 1.13. The lowest BCUT2D eigenvalue weighted by Gasteiger charge is -2.50. The normalized spacial score (nSPS) is 24.5. The van der Waals surface area contributed by atoms with E-state index in [1.807, 2.05) is 54.6 Å². The number of amides is 1. The van der Waals surface area contributed by atoms with E-state index in [4.69, 9.17) is 9.47 Å². The summed E-state index contributed by atoms with van der Waals surface area (Å²) in [6.07, 6.45) is 2.12. The van der Waals surface area contributed by atoms with E-state index >= 15 is 0 Å². The Morgan fingerprint density at radius 3 is 2.24 bits per heavy atom. The molecule has 1 amide bonds. The zero-order valence-corrected chi connectivity index (χ0v) is 20.4. The van der Waals surface area contributed by atoms with Crippen molar-refractivity contribution in [3.05, 3.63) is 102 Å². The second-order valence-corrected chi connectivity index (χ2v) is 10.4. The van der Waals surface area contributed by atoms with Crippen molar-refractivity contribution in [3.63, 3.8) is 0 Å². The van der Waals surface area contributed by atoms with Gasteiger partial charge >= 0.3 is 6.09 Å². The monoisotopic (exact) mass is 492 g/mol. The molecule has 2 aliphatic heterocycles. The minimum absolute atomic E-state index is 0.00838. The third-order valence-electron chi connectivity index (χ3n) is 8.22. The first-order valence-corrected chi connectivity index (χ1v) is 12.9. The lowest BCUT2D eigenvalue weighted by atomic mass is 9.78. The topological polar surface area (TPSA) is 71.9 Å². The number of hydrogen-bond donors (Lipinski definition) is 1. The maximum Gasteiger partial charge on any atom is 0.410 e. The molecule has 2 atom stereocenters. The van der Waals surface area contributed by atoms with Crippen molar-refractivity contribution in [1.82, 2.24) is 9.88 Å². The highest BCUT2D eigenvalue weighted by atomic mass is 16.6. The second-order valence-electron chi connectivity index (χ2n) is 10.4. The number of piperidine rings is 1. The van der Waals surface area contributed by atoms with Crippen molar-refractivity contribution < 1.29 is 19.4 Å². The summed E-state index contributed by atoms with van der Waals surface area (Å²) in [6, 6.07) is 26.0. The van der Waals surface area contributed by atoms with Crippen LogP contribution in [0, 0.1) is 0 Å². The zero-order valence-electron chi connectivity index (χ0n) is 20.4. The van der Waals surface area contributed by atoms with Gasteiger partial charge in [-0.25, -0.2) is 4.79 Å². The van der Waals surface area contributed by atoms with Crippen LogP contribution in [-0.2, 0) is 15.1 Å². The van der Waals surface area contributed by atoms with Crippen LogP contribution in [0.2, 0.25) is 0 Å². The Labute approximate surface area is 215 Å². The van der Waals surface area contributed by atoms with Gasteiger partial charge in [-0.2, -0.15) is 0 Å². The van der Waals surface area contributed by atoms with Crippen LogP contribution in [-0.4, -0.2) is 53.0 Å². The number of morpholine rings is 1. The van der Waals surface area contributed by atoms with Crippen LogP contribution in [0.5, 0.6) is 0 Å². The molecule has 7 rings (SSSR count). The summed E-state index contributed by atoms with van der Waals surface area (Å²) < 4.78 is 11.8. The van der Waals surface area contributed by atoms with Gasteiger partial charge in [0.25, 0.3) is 0 Å². The van der Waals surface area contributed by atoms with Gasteiger partial charge in [0.15, 0.2) is 0 Å². The number of rotatable bonds is 3. The van der Waals surface area contributed by atoms with E-state index in [0.29, 0.717) is 31.7 Å². The molecule has 186 valence electrons. The number of aliphatic hydroxyl groups is 1. The first-order valence-electron chi connectivity index (χ1n) is 12.9. The third-order valence-corrected chi connectivity index (χ3v) is 8.22. The van der Waals surface area contributed by atoms with E-state index in [0.717, 1.165) is 10.8 Å². The summed E-state index contributed by atoms with van der Waals surface area (Å²) in [6.45, 7) is 1.01. The molecule has 2 saturated heterocycles. The van der Waals surface area contributed by atoms with Gasteiger partial charge in [-0.15, -0.1) is 0 Å². The number of hydrogen-bond acceptors (Lipinski definition) is 5. The van der Waals surface area contributed by atoms with Crippen LogP contribution in [0.3, 0.4) is 0 Å². The van der Waals surface area contributed by atoms with Crippen molar-refractivity contribution in [2.45, 2.75) is 36.4 Å². The number of pyridine rings is 1. The highest BCUT2D eigenvalue weighted by Crippen LogP contribution is 2.45. The highest BCUT2D eigenvalue weighted by molar-refractivity contribution is 5.85. The molecule has 0 radical (unpaired) electrons. The number of carbonyl (C=O) groups excluding carboxylic acids is 1. The molecule has 0 spiro atoms. The number of nitrogens with zero attached hydrogens (tertiary/aromatic N) is 2. The minimum Gasteiger partial charge on any atom is -0.448 e. The zero-order chi connectivity index (χ0) is 25.0. The molecule has 6 heteroatoms. The molecule has 4 aromatic rings. The van der Waals surface area contributed by atoms with Gasteiger partial charge in [-0.1, -0.05) is 72.8 Å². The van der Waals surface area contributed by atoms with Crippen molar-refractivity contribution in [1.29, 1.82) is 0 Å². The Bertz CT molecular complexity index is 1440. The van der Waals surface area contributed by atoms with Crippen LogP contribution in [0.25, 0.3) is 21.9 Å². The molecular formula is C31H28N2O4. The molecule has 6 nitrogen and oxygen atoms in total. The van der Waals surface area contributed by atoms with Gasteiger partial charge in [-0.3, -0.25) is 9.88 Å². The van der Waals surface area contributed by atoms with E-state index in [2.05, 4.69) is 29.2 Å². The quantitative estimate of drug-likeness (QED) is 0.424. The predicted octanol–water partition coefficient (Wildman–Crippen LogP) is 5.23. The Hall–Kier alpha value is -3.74. The molecule has 37 heavy (non-hydrogen) atoms. The molecule has 3 heterocycles. The molecule has 3 aliphatic rings. The van der Waals surface area contributed by atoms with Crippen molar-refractivity contribution >= 4 is 16.9 Å². The summed E-state index contributed by atoms with van der Waals surface area (Å²) in [5, 5.41) is 13.9. The maximum absolute atomic E-state index is 13.5. The van der Waals surface area contributed by atoms with E-state index in [1.165, 1.54) is 22.3 Å². The number of ether oxygens (including phenoxy) is 2. The molecule has 1 N–H and O–H groups in total.